The fraction of sp³-hybridized carbons (Fsp3) is 0.465. The maximum absolute atomic E-state index is 17.8. The van der Waals surface area contributed by atoms with Crippen molar-refractivity contribution in [1.82, 2.24) is 19.8 Å². The third-order valence-corrected chi connectivity index (χ3v) is 12.1. The molecule has 11 heteroatoms. The minimum Gasteiger partial charge on any atom is -0.508 e. The van der Waals surface area contributed by atoms with Crippen LogP contribution in [0.15, 0.2) is 43.0 Å². The molecule has 3 aliphatic heterocycles. The van der Waals surface area contributed by atoms with E-state index in [0.717, 1.165) is 51.6 Å². The summed E-state index contributed by atoms with van der Waals surface area (Å²) in [6.07, 6.45) is 12.8. The SMILES string of the molecule is C#Cc1c(F)ccc2cc(O)cc(-c3c(C(C)(C)O)cc4c(N5CCCC(C)(C)C(N(C)C(=O)C=C)C5)nc(OCC56CCCN5CCC6)nc4c3F)c12. The third-order valence-electron chi connectivity index (χ3n) is 12.1. The van der Waals surface area contributed by atoms with Crippen LogP contribution >= 0.6 is 0 Å². The van der Waals surface area contributed by atoms with Gasteiger partial charge in [-0.25, -0.2) is 8.78 Å². The molecule has 4 heterocycles. The monoisotopic (exact) mass is 737 g/mol. The highest BCUT2D eigenvalue weighted by Gasteiger charge is 2.45. The van der Waals surface area contributed by atoms with Crippen molar-refractivity contribution in [2.45, 2.75) is 83.4 Å². The number of rotatable bonds is 8. The van der Waals surface area contributed by atoms with Gasteiger partial charge in [0.05, 0.1) is 22.7 Å². The lowest BCUT2D eigenvalue weighted by Gasteiger charge is -2.40. The van der Waals surface area contributed by atoms with Crippen molar-refractivity contribution >= 4 is 33.4 Å². The van der Waals surface area contributed by atoms with E-state index >= 15 is 8.78 Å². The zero-order valence-corrected chi connectivity index (χ0v) is 31.8. The Morgan fingerprint density at radius 1 is 1.13 bits per heavy atom. The summed E-state index contributed by atoms with van der Waals surface area (Å²) >= 11 is 0. The van der Waals surface area contributed by atoms with Gasteiger partial charge in [-0.05, 0) is 118 Å². The lowest BCUT2D eigenvalue weighted by molar-refractivity contribution is -0.128. The number of aliphatic hydroxyl groups is 1. The molecule has 1 amide bonds. The highest BCUT2D eigenvalue weighted by molar-refractivity contribution is 6.05. The van der Waals surface area contributed by atoms with Crippen molar-refractivity contribution in [3.8, 4) is 35.2 Å². The molecule has 3 aliphatic rings. The van der Waals surface area contributed by atoms with E-state index < -0.39 is 17.2 Å². The topological polar surface area (TPSA) is 102 Å². The van der Waals surface area contributed by atoms with Crippen molar-refractivity contribution in [3.05, 3.63) is 65.7 Å². The largest absolute Gasteiger partial charge is 0.508 e. The number of nitrogens with zero attached hydrogens (tertiary/aromatic N) is 5. The standard InChI is InChI=1S/C43H49F2N5O4/c1-8-28-32(44)14-13-26-21-27(51)22-29(35(26)28)36-31(42(5,6)53)23-30-38(37(36)45)46-40(54-25-43-16-11-19-50(43)20-12-17-43)47-39(30)49-18-10-15-41(3,4)33(24-49)48(7)34(52)9-2/h1,9,13-14,21-23,33,51,53H,2,10-12,15-20,24-25H2,3-7H3. The van der Waals surface area contributed by atoms with Gasteiger partial charge in [-0.2, -0.15) is 9.97 Å². The van der Waals surface area contributed by atoms with E-state index in [1.54, 1.807) is 18.0 Å². The lowest BCUT2D eigenvalue weighted by Crippen LogP contribution is -2.50. The number of halogens is 2. The second kappa shape index (κ2) is 13.8. The van der Waals surface area contributed by atoms with Gasteiger partial charge < -0.3 is 24.7 Å². The molecule has 1 atom stereocenters. The van der Waals surface area contributed by atoms with Crippen LogP contribution in [-0.2, 0) is 10.4 Å². The Morgan fingerprint density at radius 3 is 2.50 bits per heavy atom. The second-order valence-electron chi connectivity index (χ2n) is 16.5. The Bertz CT molecular complexity index is 2200. The van der Waals surface area contributed by atoms with Crippen LogP contribution in [0, 0.1) is 29.4 Å². The normalized spacial score (nSPS) is 19.8. The fourth-order valence-corrected chi connectivity index (χ4v) is 9.24. The molecule has 2 N–H and O–H groups in total. The second-order valence-corrected chi connectivity index (χ2v) is 16.5. The Kier molecular flexibility index (Phi) is 9.60. The summed E-state index contributed by atoms with van der Waals surface area (Å²) in [4.78, 5) is 28.9. The molecule has 3 aromatic carbocycles. The molecule has 0 aliphatic carbocycles. The van der Waals surface area contributed by atoms with Gasteiger partial charge >= 0.3 is 6.01 Å². The van der Waals surface area contributed by atoms with Crippen LogP contribution in [0.25, 0.3) is 32.8 Å². The predicted octanol–water partition coefficient (Wildman–Crippen LogP) is 7.29. The average Bonchev–Trinajstić information content (AvgIpc) is 3.67. The number of carbonyl (C=O) groups is 1. The first kappa shape index (κ1) is 37.5. The minimum atomic E-state index is -1.63. The molecule has 9 nitrogen and oxygen atoms in total. The van der Waals surface area contributed by atoms with E-state index in [2.05, 4.69) is 36.1 Å². The van der Waals surface area contributed by atoms with Crippen molar-refractivity contribution < 1.29 is 28.5 Å². The Labute approximate surface area is 315 Å². The summed E-state index contributed by atoms with van der Waals surface area (Å²) in [6, 6.07) is 6.90. The molecule has 7 rings (SSSR count). The predicted molar refractivity (Wildman–Crippen MR) is 207 cm³/mol. The molecule has 1 unspecified atom stereocenters. The maximum atomic E-state index is 17.8. The number of phenolic OH excluding ortho intramolecular Hbond substituents is 1. The molecule has 0 bridgehead atoms. The molecule has 0 spiro atoms. The van der Waals surface area contributed by atoms with E-state index in [4.69, 9.17) is 21.1 Å². The number of hydrogen-bond donors (Lipinski definition) is 2. The Morgan fingerprint density at radius 2 is 1.83 bits per heavy atom. The van der Waals surface area contributed by atoms with Gasteiger partial charge in [0.1, 0.15) is 29.5 Å². The molecular weight excluding hydrogens is 688 g/mol. The number of likely N-dealkylation sites (N-methyl/N-ethyl adjacent to an activating group) is 1. The zero-order valence-electron chi connectivity index (χ0n) is 31.8. The molecule has 4 aromatic rings. The highest BCUT2D eigenvalue weighted by Crippen LogP contribution is 2.46. The van der Waals surface area contributed by atoms with Crippen LogP contribution in [0.2, 0.25) is 0 Å². The van der Waals surface area contributed by atoms with Crippen LogP contribution in [0.1, 0.15) is 77.3 Å². The van der Waals surface area contributed by atoms with Crippen molar-refractivity contribution in [3.63, 3.8) is 0 Å². The van der Waals surface area contributed by atoms with Gasteiger partial charge in [0, 0.05) is 36.5 Å². The molecule has 3 saturated heterocycles. The minimum absolute atomic E-state index is 0.0122. The first-order chi connectivity index (χ1) is 25.6. The maximum Gasteiger partial charge on any atom is 0.319 e. The number of fused-ring (bicyclic) bond motifs is 3. The van der Waals surface area contributed by atoms with Gasteiger partial charge in [-0.3, -0.25) is 9.69 Å². The van der Waals surface area contributed by atoms with E-state index in [9.17, 15) is 15.0 Å². The summed E-state index contributed by atoms with van der Waals surface area (Å²) in [6.45, 7) is 14.4. The Balaban J connectivity index is 1.49. The van der Waals surface area contributed by atoms with Gasteiger partial charge in [-0.15, -0.1) is 6.42 Å². The van der Waals surface area contributed by atoms with Crippen LogP contribution in [-0.4, -0.2) is 87.3 Å². The van der Waals surface area contributed by atoms with E-state index in [0.29, 0.717) is 36.3 Å². The van der Waals surface area contributed by atoms with Crippen LogP contribution in [0.4, 0.5) is 14.6 Å². The van der Waals surface area contributed by atoms with Crippen LogP contribution in [0.5, 0.6) is 11.8 Å². The Hall–Kier alpha value is -4.79. The van der Waals surface area contributed by atoms with E-state index in [-0.39, 0.29) is 67.8 Å². The zero-order chi connectivity index (χ0) is 38.7. The lowest BCUT2D eigenvalue weighted by atomic mass is 9.80. The average molecular weight is 738 g/mol. The number of aromatic nitrogens is 2. The van der Waals surface area contributed by atoms with E-state index in [1.807, 2.05) is 0 Å². The molecule has 54 heavy (non-hydrogen) atoms. The number of anilines is 1. The number of amides is 1. The molecule has 3 fully saturated rings. The number of hydrogen-bond acceptors (Lipinski definition) is 8. The molecule has 0 saturated carbocycles. The fourth-order valence-electron chi connectivity index (χ4n) is 9.24. The summed E-state index contributed by atoms with van der Waals surface area (Å²) in [5.74, 6) is 0.960. The molecular formula is C43H49F2N5O4. The first-order valence-electron chi connectivity index (χ1n) is 18.8. The number of terminal acetylenes is 1. The smallest absolute Gasteiger partial charge is 0.319 e. The van der Waals surface area contributed by atoms with Gasteiger partial charge in [0.25, 0.3) is 0 Å². The number of phenols is 1. The molecule has 284 valence electrons. The summed E-state index contributed by atoms with van der Waals surface area (Å²) in [5, 5.41) is 23.6. The van der Waals surface area contributed by atoms with Gasteiger partial charge in [0.15, 0.2) is 5.82 Å². The third kappa shape index (κ3) is 6.43. The first-order valence-corrected chi connectivity index (χ1v) is 18.8. The van der Waals surface area contributed by atoms with Crippen molar-refractivity contribution in [1.29, 1.82) is 0 Å². The van der Waals surface area contributed by atoms with Crippen molar-refractivity contribution in [2.24, 2.45) is 5.41 Å². The van der Waals surface area contributed by atoms with Gasteiger partial charge in [-0.1, -0.05) is 32.4 Å². The number of ether oxygens (including phenoxy) is 1. The quantitative estimate of drug-likeness (QED) is 0.144. The molecule has 0 radical (unpaired) electrons. The summed E-state index contributed by atoms with van der Waals surface area (Å²) < 4.78 is 39.5. The van der Waals surface area contributed by atoms with Crippen LogP contribution < -0.4 is 9.64 Å². The van der Waals surface area contributed by atoms with E-state index in [1.165, 1.54) is 44.2 Å². The highest BCUT2D eigenvalue weighted by atomic mass is 19.1. The van der Waals surface area contributed by atoms with Crippen molar-refractivity contribution in [2.75, 3.05) is 44.7 Å². The summed E-state index contributed by atoms with van der Waals surface area (Å²) in [7, 11) is 1.77. The number of benzene rings is 3. The number of carbonyl (C=O) groups excluding carboxylic acids is 1. The summed E-state index contributed by atoms with van der Waals surface area (Å²) in [5.41, 5.74) is -1.97. The molecule has 1 aromatic heterocycles. The van der Waals surface area contributed by atoms with Gasteiger partial charge in [0.2, 0.25) is 5.91 Å². The van der Waals surface area contributed by atoms with Crippen LogP contribution in [0.3, 0.4) is 0 Å². The number of aromatic hydroxyl groups is 1.